The number of carbonyl (C=O) groups is 1. The standard InChI is InChI=1S/C32H42N2O2/c1-23(2)21-25-7-11-27(12-8-25)32(35)33-28-13-9-24(10-14-28)15-18-34-19-16-26(17-20-34)30-22-36-31-6-4-3-5-29(30)31/h3-8,11-12,22-24,26,28H,9-10,13-21H2,1-2H3,(H,33,35). The number of furan rings is 1. The molecule has 2 fully saturated rings. The van der Waals surface area contributed by atoms with Gasteiger partial charge in [-0.2, -0.15) is 0 Å². The van der Waals surface area contributed by atoms with Crippen molar-refractivity contribution in [2.75, 3.05) is 19.6 Å². The molecule has 2 aliphatic rings. The molecule has 1 amide bonds. The fourth-order valence-corrected chi connectivity index (χ4v) is 6.28. The lowest BCUT2D eigenvalue weighted by Gasteiger charge is -2.34. The maximum absolute atomic E-state index is 12.7. The molecule has 192 valence electrons. The molecule has 36 heavy (non-hydrogen) atoms. The summed E-state index contributed by atoms with van der Waals surface area (Å²) in [5.41, 5.74) is 4.51. The van der Waals surface area contributed by atoms with Gasteiger partial charge >= 0.3 is 0 Å². The molecule has 1 N–H and O–H groups in total. The Morgan fingerprint density at radius 3 is 2.42 bits per heavy atom. The number of benzene rings is 2. The van der Waals surface area contributed by atoms with Crippen molar-refractivity contribution in [3.63, 3.8) is 0 Å². The second-order valence-electron chi connectivity index (χ2n) is 11.6. The minimum absolute atomic E-state index is 0.0859. The molecule has 0 unspecified atom stereocenters. The van der Waals surface area contributed by atoms with Crippen LogP contribution in [0.3, 0.4) is 0 Å². The number of amides is 1. The largest absolute Gasteiger partial charge is 0.464 e. The molecule has 1 saturated heterocycles. The monoisotopic (exact) mass is 486 g/mol. The first kappa shape index (κ1) is 25.1. The van der Waals surface area contributed by atoms with Crippen LogP contribution in [-0.2, 0) is 6.42 Å². The van der Waals surface area contributed by atoms with E-state index in [9.17, 15) is 4.79 Å². The number of hydrogen-bond donors (Lipinski definition) is 1. The molecule has 1 aliphatic heterocycles. The van der Waals surface area contributed by atoms with Crippen molar-refractivity contribution in [2.24, 2.45) is 11.8 Å². The summed E-state index contributed by atoms with van der Waals surface area (Å²) in [6, 6.07) is 16.9. The Balaban J connectivity index is 1.01. The molecule has 3 aromatic rings. The van der Waals surface area contributed by atoms with Crippen LogP contribution < -0.4 is 5.32 Å². The smallest absolute Gasteiger partial charge is 0.251 e. The molecule has 4 heteroatoms. The first-order valence-corrected chi connectivity index (χ1v) is 14.1. The van der Waals surface area contributed by atoms with E-state index in [1.807, 2.05) is 24.5 Å². The minimum atomic E-state index is 0.0859. The van der Waals surface area contributed by atoms with Crippen LogP contribution in [0.25, 0.3) is 11.0 Å². The van der Waals surface area contributed by atoms with Crippen LogP contribution in [0.2, 0.25) is 0 Å². The number of carbonyl (C=O) groups excluding carboxylic acids is 1. The molecule has 2 aromatic carbocycles. The van der Waals surface area contributed by atoms with Gasteiger partial charge in [-0.1, -0.05) is 44.2 Å². The first-order chi connectivity index (χ1) is 17.5. The number of hydrogen-bond acceptors (Lipinski definition) is 3. The van der Waals surface area contributed by atoms with Crippen molar-refractivity contribution in [1.29, 1.82) is 0 Å². The average molecular weight is 487 g/mol. The van der Waals surface area contributed by atoms with E-state index in [2.05, 4.69) is 54.4 Å². The highest BCUT2D eigenvalue weighted by molar-refractivity contribution is 5.94. The predicted molar refractivity (Wildman–Crippen MR) is 147 cm³/mol. The van der Waals surface area contributed by atoms with Crippen LogP contribution in [-0.4, -0.2) is 36.5 Å². The molecule has 2 heterocycles. The van der Waals surface area contributed by atoms with Gasteiger partial charge in [-0.05, 0) is 113 Å². The second kappa shape index (κ2) is 11.6. The van der Waals surface area contributed by atoms with Gasteiger partial charge in [0.1, 0.15) is 5.58 Å². The molecule has 0 atom stereocenters. The second-order valence-corrected chi connectivity index (χ2v) is 11.6. The third kappa shape index (κ3) is 6.21. The van der Waals surface area contributed by atoms with E-state index in [1.165, 1.54) is 68.3 Å². The molecule has 0 radical (unpaired) electrons. The summed E-state index contributed by atoms with van der Waals surface area (Å²) in [4.78, 5) is 15.4. The molecule has 1 aromatic heterocycles. The van der Waals surface area contributed by atoms with Crippen LogP contribution in [0.5, 0.6) is 0 Å². The predicted octanol–water partition coefficient (Wildman–Crippen LogP) is 7.19. The summed E-state index contributed by atoms with van der Waals surface area (Å²) in [5, 5.41) is 4.59. The number of para-hydroxylation sites is 1. The highest BCUT2D eigenvalue weighted by Gasteiger charge is 2.26. The lowest BCUT2D eigenvalue weighted by molar-refractivity contribution is 0.0919. The molecule has 4 nitrogen and oxygen atoms in total. The van der Waals surface area contributed by atoms with Gasteiger partial charge in [-0.15, -0.1) is 0 Å². The van der Waals surface area contributed by atoms with Gasteiger partial charge < -0.3 is 14.6 Å². The lowest BCUT2D eigenvalue weighted by atomic mass is 9.83. The van der Waals surface area contributed by atoms with E-state index in [-0.39, 0.29) is 5.91 Å². The van der Waals surface area contributed by atoms with Crippen molar-refractivity contribution in [2.45, 2.75) is 77.2 Å². The maximum Gasteiger partial charge on any atom is 0.251 e. The van der Waals surface area contributed by atoms with Crippen molar-refractivity contribution < 1.29 is 9.21 Å². The number of nitrogens with zero attached hydrogens (tertiary/aromatic N) is 1. The van der Waals surface area contributed by atoms with Gasteiger partial charge in [-0.3, -0.25) is 4.79 Å². The zero-order chi connectivity index (χ0) is 24.9. The topological polar surface area (TPSA) is 45.5 Å². The highest BCUT2D eigenvalue weighted by atomic mass is 16.3. The fraction of sp³-hybridized carbons (Fsp3) is 0.531. The Morgan fingerprint density at radius 1 is 0.972 bits per heavy atom. The molecule has 0 spiro atoms. The zero-order valence-corrected chi connectivity index (χ0v) is 22.0. The van der Waals surface area contributed by atoms with Crippen LogP contribution in [0.4, 0.5) is 0 Å². The Hall–Kier alpha value is -2.59. The quantitative estimate of drug-likeness (QED) is 0.366. The summed E-state index contributed by atoms with van der Waals surface area (Å²) in [5.74, 6) is 2.14. The molecule has 5 rings (SSSR count). The molecule has 0 bridgehead atoms. The van der Waals surface area contributed by atoms with Gasteiger partial charge in [0.25, 0.3) is 5.91 Å². The first-order valence-electron chi connectivity index (χ1n) is 14.1. The summed E-state index contributed by atoms with van der Waals surface area (Å²) >= 11 is 0. The Morgan fingerprint density at radius 2 is 1.69 bits per heavy atom. The zero-order valence-electron chi connectivity index (χ0n) is 22.0. The third-order valence-corrected chi connectivity index (χ3v) is 8.43. The van der Waals surface area contributed by atoms with Gasteiger partial charge in [0, 0.05) is 22.6 Å². The number of piperidine rings is 1. The van der Waals surface area contributed by atoms with Crippen molar-refractivity contribution in [3.05, 3.63) is 71.5 Å². The van der Waals surface area contributed by atoms with Crippen molar-refractivity contribution in [1.82, 2.24) is 10.2 Å². The number of nitrogens with one attached hydrogen (secondary N) is 1. The molecular weight excluding hydrogens is 444 g/mol. The molecule has 1 aliphatic carbocycles. The summed E-state index contributed by atoms with van der Waals surface area (Å²) in [7, 11) is 0. The highest BCUT2D eigenvalue weighted by Crippen LogP contribution is 2.35. The summed E-state index contributed by atoms with van der Waals surface area (Å²) < 4.78 is 5.79. The maximum atomic E-state index is 12.7. The van der Waals surface area contributed by atoms with Gasteiger partial charge in [-0.25, -0.2) is 0 Å². The van der Waals surface area contributed by atoms with Crippen molar-refractivity contribution >= 4 is 16.9 Å². The van der Waals surface area contributed by atoms with Crippen LogP contribution in [0, 0.1) is 11.8 Å². The lowest BCUT2D eigenvalue weighted by Crippen LogP contribution is -2.38. The summed E-state index contributed by atoms with van der Waals surface area (Å²) in [6.07, 6.45) is 11.5. The van der Waals surface area contributed by atoms with Crippen molar-refractivity contribution in [3.8, 4) is 0 Å². The summed E-state index contributed by atoms with van der Waals surface area (Å²) in [6.45, 7) is 8.03. The van der Waals surface area contributed by atoms with Gasteiger partial charge in [0.15, 0.2) is 0 Å². The fourth-order valence-electron chi connectivity index (χ4n) is 6.28. The number of rotatable bonds is 8. The van der Waals surface area contributed by atoms with Crippen LogP contribution >= 0.6 is 0 Å². The van der Waals surface area contributed by atoms with E-state index in [4.69, 9.17) is 4.42 Å². The van der Waals surface area contributed by atoms with E-state index in [0.29, 0.717) is 17.9 Å². The number of fused-ring (bicyclic) bond motifs is 1. The Bertz CT molecular complexity index is 1120. The van der Waals surface area contributed by atoms with E-state index in [0.717, 1.165) is 36.3 Å². The van der Waals surface area contributed by atoms with Crippen LogP contribution in [0.1, 0.15) is 86.2 Å². The Kier molecular flexibility index (Phi) is 8.11. The third-order valence-electron chi connectivity index (χ3n) is 8.43. The SMILES string of the molecule is CC(C)Cc1ccc(C(=O)NC2CCC(CCN3CCC(c4coc5ccccc45)CC3)CC2)cc1. The minimum Gasteiger partial charge on any atom is -0.464 e. The van der Waals surface area contributed by atoms with E-state index in [1.54, 1.807) is 0 Å². The van der Waals surface area contributed by atoms with Crippen LogP contribution in [0.15, 0.2) is 59.2 Å². The number of likely N-dealkylation sites (tertiary alicyclic amines) is 1. The Labute approximate surface area is 216 Å². The van der Waals surface area contributed by atoms with E-state index >= 15 is 0 Å². The molecule has 1 saturated carbocycles. The molecular formula is C32H42N2O2. The van der Waals surface area contributed by atoms with Gasteiger partial charge in [0.2, 0.25) is 0 Å². The average Bonchev–Trinajstić information content (AvgIpc) is 3.33. The van der Waals surface area contributed by atoms with Gasteiger partial charge in [0.05, 0.1) is 6.26 Å². The van der Waals surface area contributed by atoms with E-state index < -0.39 is 0 Å². The normalized spacial score (nSPS) is 21.8.